The molecule has 0 aromatic rings. The summed E-state index contributed by atoms with van der Waals surface area (Å²) in [5.41, 5.74) is 0. The van der Waals surface area contributed by atoms with Crippen molar-refractivity contribution >= 4 is 17.3 Å². The van der Waals surface area contributed by atoms with Crippen molar-refractivity contribution in [1.29, 1.82) is 0 Å². The third kappa shape index (κ3) is 2.66. The molecule has 1 N–H and O–H groups in total. The van der Waals surface area contributed by atoms with Gasteiger partial charge in [-0.3, -0.25) is 0 Å². The molecule has 0 bridgehead atoms. The number of hydrogen-bond acceptors (Lipinski definition) is 1. The van der Waals surface area contributed by atoms with E-state index in [0.29, 0.717) is 5.92 Å². The van der Waals surface area contributed by atoms with E-state index in [4.69, 9.17) is 12.2 Å². The fourth-order valence-corrected chi connectivity index (χ4v) is 1.19. The van der Waals surface area contributed by atoms with Crippen LogP contribution in [0.2, 0.25) is 0 Å². The third-order valence-corrected chi connectivity index (χ3v) is 2.21. The molecule has 0 saturated carbocycles. The minimum Gasteiger partial charge on any atom is -0.362 e. The summed E-state index contributed by atoms with van der Waals surface area (Å²) in [5, 5.41) is 4.18. The van der Waals surface area contributed by atoms with Gasteiger partial charge in [0.1, 0.15) is 0 Å². The summed E-state index contributed by atoms with van der Waals surface area (Å²) in [5.74, 6) is 0.675. The van der Waals surface area contributed by atoms with Crippen LogP contribution in [-0.2, 0) is 0 Å². The maximum atomic E-state index is 5.16. The average Bonchev–Trinajstić information content (AvgIpc) is 1.79. The van der Waals surface area contributed by atoms with Crippen LogP contribution in [0.3, 0.4) is 0 Å². The number of likely N-dealkylation sites (tertiary alicyclic amines) is 1. The van der Waals surface area contributed by atoms with Gasteiger partial charge in [0.05, 0.1) is 0 Å². The van der Waals surface area contributed by atoms with Crippen LogP contribution in [-0.4, -0.2) is 29.6 Å². The van der Waals surface area contributed by atoms with Gasteiger partial charge in [-0.25, -0.2) is 0 Å². The molecule has 1 rings (SSSR count). The van der Waals surface area contributed by atoms with E-state index < -0.39 is 0 Å². The van der Waals surface area contributed by atoms with Crippen LogP contribution in [0, 0.1) is 5.92 Å². The molecule has 1 aliphatic heterocycles. The largest absolute Gasteiger partial charge is 0.362 e. The van der Waals surface area contributed by atoms with E-state index in [-0.39, 0.29) is 0 Å². The molecule has 1 aliphatic rings. The normalized spacial score (nSPS) is 16.5. The lowest BCUT2D eigenvalue weighted by molar-refractivity contribution is 0.294. The average molecular weight is 172 g/mol. The fraction of sp³-hybridized carbons (Fsp3) is 0.875. The van der Waals surface area contributed by atoms with E-state index in [1.165, 1.54) is 6.42 Å². The Bertz CT molecular complexity index is 141. The molecule has 0 amide bonds. The first-order valence-electron chi connectivity index (χ1n) is 4.23. The van der Waals surface area contributed by atoms with E-state index in [1.807, 2.05) is 0 Å². The predicted octanol–water partition coefficient (Wildman–Crippen LogP) is 1.22. The van der Waals surface area contributed by atoms with E-state index >= 15 is 0 Å². The highest BCUT2D eigenvalue weighted by molar-refractivity contribution is 7.80. The van der Waals surface area contributed by atoms with Gasteiger partial charge in [0.2, 0.25) is 0 Å². The molecule has 0 spiro atoms. The van der Waals surface area contributed by atoms with Crippen LogP contribution in [0.15, 0.2) is 0 Å². The molecule has 1 fully saturated rings. The lowest BCUT2D eigenvalue weighted by Gasteiger charge is -2.33. The van der Waals surface area contributed by atoms with Crippen molar-refractivity contribution < 1.29 is 0 Å². The van der Waals surface area contributed by atoms with Crippen molar-refractivity contribution in [2.45, 2.75) is 20.3 Å². The van der Waals surface area contributed by atoms with E-state index in [0.717, 1.165) is 24.7 Å². The van der Waals surface area contributed by atoms with Gasteiger partial charge in [-0.15, -0.1) is 0 Å². The summed E-state index contributed by atoms with van der Waals surface area (Å²) in [6.45, 7) is 7.65. The van der Waals surface area contributed by atoms with Gasteiger partial charge >= 0.3 is 0 Å². The summed E-state index contributed by atoms with van der Waals surface area (Å²) >= 11 is 5.16. The Kier molecular flexibility index (Phi) is 3.12. The molecule has 0 radical (unpaired) electrons. The molecule has 0 atom stereocenters. The molecule has 2 nitrogen and oxygen atoms in total. The molecule has 1 heterocycles. The Balaban J connectivity index is 2.10. The Labute approximate surface area is 74.0 Å². The first-order chi connectivity index (χ1) is 5.20. The maximum Gasteiger partial charge on any atom is 0.168 e. The molecular weight excluding hydrogens is 156 g/mol. The molecule has 0 unspecified atom stereocenters. The van der Waals surface area contributed by atoms with Gasteiger partial charge < -0.3 is 10.2 Å². The molecule has 0 aromatic carbocycles. The van der Waals surface area contributed by atoms with Gasteiger partial charge in [0.15, 0.2) is 5.11 Å². The van der Waals surface area contributed by atoms with Crippen molar-refractivity contribution in [2.75, 3.05) is 19.6 Å². The van der Waals surface area contributed by atoms with Crippen LogP contribution < -0.4 is 5.32 Å². The third-order valence-electron chi connectivity index (χ3n) is 1.80. The number of rotatable bonds is 2. The first-order valence-corrected chi connectivity index (χ1v) is 4.63. The topological polar surface area (TPSA) is 15.3 Å². The lowest BCUT2D eigenvalue weighted by Crippen LogP contribution is -2.48. The van der Waals surface area contributed by atoms with E-state index in [2.05, 4.69) is 24.1 Å². The standard InChI is InChI=1S/C8H16N2S/c1-7(2)6-9-8(11)10-4-3-5-10/h7H,3-6H2,1-2H3,(H,9,11). The Morgan fingerprint density at radius 1 is 1.55 bits per heavy atom. The van der Waals surface area contributed by atoms with Crippen molar-refractivity contribution in [2.24, 2.45) is 5.92 Å². The van der Waals surface area contributed by atoms with Gasteiger partial charge in [0, 0.05) is 19.6 Å². The van der Waals surface area contributed by atoms with Crippen LogP contribution in [0.1, 0.15) is 20.3 Å². The molecule has 1 saturated heterocycles. The zero-order valence-electron chi connectivity index (χ0n) is 7.26. The highest BCUT2D eigenvalue weighted by Gasteiger charge is 2.16. The summed E-state index contributed by atoms with van der Waals surface area (Å²) in [6.07, 6.45) is 1.30. The molecule has 64 valence electrons. The van der Waals surface area contributed by atoms with Crippen LogP contribution >= 0.6 is 12.2 Å². The second-order valence-electron chi connectivity index (χ2n) is 3.42. The SMILES string of the molecule is CC(C)CNC(=S)N1CCC1. The van der Waals surface area contributed by atoms with Crippen LogP contribution in [0.5, 0.6) is 0 Å². The van der Waals surface area contributed by atoms with Crippen molar-refractivity contribution in [3.05, 3.63) is 0 Å². The van der Waals surface area contributed by atoms with Crippen molar-refractivity contribution in [3.8, 4) is 0 Å². The summed E-state index contributed by atoms with van der Waals surface area (Å²) in [7, 11) is 0. The highest BCUT2D eigenvalue weighted by Crippen LogP contribution is 2.05. The van der Waals surface area contributed by atoms with Gasteiger partial charge in [0.25, 0.3) is 0 Å². The second kappa shape index (κ2) is 3.90. The molecular formula is C8H16N2S. The number of nitrogens with zero attached hydrogens (tertiary/aromatic N) is 1. The molecule has 11 heavy (non-hydrogen) atoms. The second-order valence-corrected chi connectivity index (χ2v) is 3.81. The zero-order chi connectivity index (χ0) is 8.27. The van der Waals surface area contributed by atoms with Gasteiger partial charge in [-0.2, -0.15) is 0 Å². The summed E-state index contributed by atoms with van der Waals surface area (Å²) in [4.78, 5) is 2.21. The summed E-state index contributed by atoms with van der Waals surface area (Å²) < 4.78 is 0. The Hall–Kier alpha value is -0.310. The smallest absolute Gasteiger partial charge is 0.168 e. The molecule has 3 heteroatoms. The van der Waals surface area contributed by atoms with E-state index in [1.54, 1.807) is 0 Å². The quantitative estimate of drug-likeness (QED) is 0.631. The van der Waals surface area contributed by atoms with Crippen molar-refractivity contribution in [3.63, 3.8) is 0 Å². The number of hydrogen-bond donors (Lipinski definition) is 1. The fourth-order valence-electron chi connectivity index (χ4n) is 0.923. The summed E-state index contributed by atoms with van der Waals surface area (Å²) in [6, 6.07) is 0. The molecule has 0 aliphatic carbocycles. The minimum atomic E-state index is 0.675. The highest BCUT2D eigenvalue weighted by atomic mass is 32.1. The lowest BCUT2D eigenvalue weighted by atomic mass is 10.2. The van der Waals surface area contributed by atoms with Gasteiger partial charge in [-0.05, 0) is 24.6 Å². The van der Waals surface area contributed by atoms with Crippen molar-refractivity contribution in [1.82, 2.24) is 10.2 Å². The minimum absolute atomic E-state index is 0.675. The van der Waals surface area contributed by atoms with E-state index in [9.17, 15) is 0 Å². The van der Waals surface area contributed by atoms with Crippen LogP contribution in [0.4, 0.5) is 0 Å². The van der Waals surface area contributed by atoms with Gasteiger partial charge in [-0.1, -0.05) is 13.8 Å². The Morgan fingerprint density at radius 2 is 2.18 bits per heavy atom. The monoisotopic (exact) mass is 172 g/mol. The maximum absolute atomic E-state index is 5.16. The number of thiocarbonyl (C=S) groups is 1. The Morgan fingerprint density at radius 3 is 2.55 bits per heavy atom. The first kappa shape index (κ1) is 8.78. The predicted molar refractivity (Wildman–Crippen MR) is 51.6 cm³/mol. The molecule has 0 aromatic heterocycles. The van der Waals surface area contributed by atoms with Crippen LogP contribution in [0.25, 0.3) is 0 Å². The zero-order valence-corrected chi connectivity index (χ0v) is 8.08. The number of nitrogens with one attached hydrogen (secondary N) is 1.